The van der Waals surface area contributed by atoms with Gasteiger partial charge in [-0.25, -0.2) is 4.79 Å². The van der Waals surface area contributed by atoms with Gasteiger partial charge in [-0.3, -0.25) is 0 Å². The molecule has 132 valence electrons. The van der Waals surface area contributed by atoms with Gasteiger partial charge in [0.25, 0.3) is 0 Å². The third-order valence-corrected chi connectivity index (χ3v) is 4.07. The molecule has 3 rings (SSSR count). The first-order valence-corrected chi connectivity index (χ1v) is 8.22. The van der Waals surface area contributed by atoms with Gasteiger partial charge in [-0.05, 0) is 41.5 Å². The number of hydrogen-bond donors (Lipinski definition) is 1. The average molecular weight is 343 g/mol. The van der Waals surface area contributed by atoms with Crippen LogP contribution < -0.4 is 10.1 Å². The van der Waals surface area contributed by atoms with Crippen LogP contribution in [0.5, 0.6) is 5.75 Å². The zero-order valence-electron chi connectivity index (χ0n) is 14.5. The lowest BCUT2D eigenvalue weighted by Gasteiger charge is -2.27. The van der Waals surface area contributed by atoms with Crippen LogP contribution in [-0.2, 0) is 9.53 Å². The van der Waals surface area contributed by atoms with Crippen molar-refractivity contribution >= 4 is 11.9 Å². The highest BCUT2D eigenvalue weighted by atomic mass is 16.5. The molecule has 0 spiro atoms. The first-order valence-electron chi connectivity index (χ1n) is 8.22. The summed E-state index contributed by atoms with van der Waals surface area (Å²) in [5.74, 6) is 0.810. The second-order valence-corrected chi connectivity index (χ2v) is 5.78. The van der Waals surface area contributed by atoms with Crippen LogP contribution in [-0.4, -0.2) is 39.9 Å². The van der Waals surface area contributed by atoms with Gasteiger partial charge < -0.3 is 14.8 Å². The van der Waals surface area contributed by atoms with E-state index in [0.29, 0.717) is 29.6 Å². The molecule has 8 heteroatoms. The largest absolute Gasteiger partial charge is 0.497 e. The number of fused-ring (bicyclic) bond motifs is 1. The Morgan fingerprint density at radius 1 is 1.40 bits per heavy atom. The smallest absolute Gasteiger partial charge is 0.338 e. The van der Waals surface area contributed by atoms with Crippen molar-refractivity contribution in [2.45, 2.75) is 32.7 Å². The van der Waals surface area contributed by atoms with E-state index in [9.17, 15) is 4.79 Å². The SMILES string of the molecule is CCCCOC(=O)C1=C(C)Nc2nnnn2[C@H]1c1cccc(OC)c1. The molecule has 0 saturated carbocycles. The van der Waals surface area contributed by atoms with Crippen LogP contribution in [0.15, 0.2) is 35.5 Å². The summed E-state index contributed by atoms with van der Waals surface area (Å²) in [5, 5.41) is 14.8. The normalized spacial score (nSPS) is 16.2. The number of methoxy groups -OCH3 is 1. The van der Waals surface area contributed by atoms with Crippen LogP contribution in [0.1, 0.15) is 38.3 Å². The fraction of sp³-hybridized carbons (Fsp3) is 0.412. The van der Waals surface area contributed by atoms with Gasteiger partial charge in [-0.1, -0.05) is 30.6 Å². The number of carbonyl (C=O) groups is 1. The van der Waals surface area contributed by atoms with Crippen molar-refractivity contribution in [1.29, 1.82) is 0 Å². The van der Waals surface area contributed by atoms with Crippen molar-refractivity contribution in [1.82, 2.24) is 20.2 Å². The van der Waals surface area contributed by atoms with E-state index in [0.717, 1.165) is 18.4 Å². The van der Waals surface area contributed by atoms with Crippen molar-refractivity contribution in [3.63, 3.8) is 0 Å². The standard InChI is InChI=1S/C17H21N5O3/c1-4-5-9-25-16(23)14-11(2)18-17-19-20-21-22(17)15(14)12-7-6-8-13(10-12)24-3/h6-8,10,15H,4-5,9H2,1-3H3,(H,18,19,21)/t15-/m0/s1. The van der Waals surface area contributed by atoms with E-state index in [1.165, 1.54) is 0 Å². The van der Waals surface area contributed by atoms with Crippen LogP contribution in [0.2, 0.25) is 0 Å². The van der Waals surface area contributed by atoms with Crippen LogP contribution in [0.25, 0.3) is 0 Å². The van der Waals surface area contributed by atoms with Gasteiger partial charge in [0.1, 0.15) is 11.8 Å². The number of unbranched alkanes of at least 4 members (excludes halogenated alkanes) is 1. The molecule has 0 bridgehead atoms. The molecule has 1 aromatic heterocycles. The molecule has 1 atom stereocenters. The number of allylic oxidation sites excluding steroid dienone is 1. The summed E-state index contributed by atoms with van der Waals surface area (Å²) < 4.78 is 12.3. The zero-order valence-corrected chi connectivity index (χ0v) is 14.5. The number of tetrazole rings is 1. The Morgan fingerprint density at radius 2 is 2.24 bits per heavy atom. The molecule has 0 amide bonds. The summed E-state index contributed by atoms with van der Waals surface area (Å²) in [6.07, 6.45) is 1.78. The molecule has 1 aromatic carbocycles. The highest BCUT2D eigenvalue weighted by molar-refractivity contribution is 5.92. The van der Waals surface area contributed by atoms with Crippen molar-refractivity contribution in [3.8, 4) is 5.75 Å². The Morgan fingerprint density at radius 3 is 3.00 bits per heavy atom. The minimum Gasteiger partial charge on any atom is -0.497 e. The number of ether oxygens (including phenoxy) is 2. The number of nitrogens with one attached hydrogen (secondary N) is 1. The Kier molecular flexibility index (Phi) is 4.97. The number of nitrogens with zero attached hydrogens (tertiary/aromatic N) is 4. The fourth-order valence-electron chi connectivity index (χ4n) is 2.78. The molecule has 25 heavy (non-hydrogen) atoms. The van der Waals surface area contributed by atoms with Crippen LogP contribution in [0.4, 0.5) is 5.95 Å². The third-order valence-electron chi connectivity index (χ3n) is 4.07. The molecule has 0 saturated heterocycles. The lowest BCUT2D eigenvalue weighted by Crippen LogP contribution is -2.29. The second-order valence-electron chi connectivity index (χ2n) is 5.78. The minimum atomic E-state index is -0.476. The summed E-state index contributed by atoms with van der Waals surface area (Å²) in [7, 11) is 1.60. The van der Waals surface area contributed by atoms with E-state index in [1.807, 2.05) is 38.1 Å². The molecular weight excluding hydrogens is 322 g/mol. The Hall–Kier alpha value is -2.90. The maximum atomic E-state index is 12.7. The molecule has 1 aliphatic heterocycles. The van der Waals surface area contributed by atoms with Gasteiger partial charge >= 0.3 is 5.97 Å². The van der Waals surface area contributed by atoms with Gasteiger partial charge in [-0.2, -0.15) is 4.68 Å². The highest BCUT2D eigenvalue weighted by Gasteiger charge is 2.35. The van der Waals surface area contributed by atoms with E-state index >= 15 is 0 Å². The summed E-state index contributed by atoms with van der Waals surface area (Å²) in [5.41, 5.74) is 2.01. The van der Waals surface area contributed by atoms with Gasteiger partial charge in [0.2, 0.25) is 5.95 Å². The number of esters is 1. The number of aromatic nitrogens is 4. The molecule has 1 N–H and O–H groups in total. The topological polar surface area (TPSA) is 91.2 Å². The summed E-state index contributed by atoms with van der Waals surface area (Å²) in [4.78, 5) is 12.7. The number of carbonyl (C=O) groups excluding carboxylic acids is 1. The summed E-state index contributed by atoms with van der Waals surface area (Å²) >= 11 is 0. The van der Waals surface area contributed by atoms with E-state index in [4.69, 9.17) is 9.47 Å². The number of hydrogen-bond acceptors (Lipinski definition) is 7. The first kappa shape index (κ1) is 16.9. The van der Waals surface area contributed by atoms with E-state index in [-0.39, 0.29) is 5.97 Å². The highest BCUT2D eigenvalue weighted by Crippen LogP contribution is 2.35. The monoisotopic (exact) mass is 343 g/mol. The fourth-order valence-corrected chi connectivity index (χ4v) is 2.78. The molecule has 0 aliphatic carbocycles. The van der Waals surface area contributed by atoms with Crippen LogP contribution in [0.3, 0.4) is 0 Å². The Labute approximate surface area is 145 Å². The lowest BCUT2D eigenvalue weighted by atomic mass is 9.95. The minimum absolute atomic E-state index is 0.368. The molecule has 2 heterocycles. The van der Waals surface area contributed by atoms with E-state index in [1.54, 1.807) is 11.8 Å². The molecular formula is C17H21N5O3. The quantitative estimate of drug-likeness (QED) is 0.635. The summed E-state index contributed by atoms with van der Waals surface area (Å²) in [6.45, 7) is 4.26. The molecule has 2 aromatic rings. The maximum Gasteiger partial charge on any atom is 0.338 e. The van der Waals surface area contributed by atoms with Gasteiger partial charge in [0.15, 0.2) is 0 Å². The average Bonchev–Trinajstić information content (AvgIpc) is 3.08. The van der Waals surface area contributed by atoms with Crippen molar-refractivity contribution in [2.75, 3.05) is 19.0 Å². The van der Waals surface area contributed by atoms with Crippen LogP contribution >= 0.6 is 0 Å². The first-order chi connectivity index (χ1) is 12.2. The predicted molar refractivity (Wildman–Crippen MR) is 91.1 cm³/mol. The predicted octanol–water partition coefficient (Wildman–Crippen LogP) is 2.31. The van der Waals surface area contributed by atoms with Crippen molar-refractivity contribution in [2.24, 2.45) is 0 Å². The van der Waals surface area contributed by atoms with Gasteiger partial charge in [0.05, 0.1) is 19.3 Å². The van der Waals surface area contributed by atoms with Gasteiger partial charge in [-0.15, -0.1) is 0 Å². The van der Waals surface area contributed by atoms with Crippen molar-refractivity contribution < 1.29 is 14.3 Å². The molecule has 1 aliphatic rings. The maximum absolute atomic E-state index is 12.7. The number of benzene rings is 1. The second kappa shape index (κ2) is 7.33. The van der Waals surface area contributed by atoms with Crippen LogP contribution in [0, 0.1) is 0 Å². The third kappa shape index (κ3) is 3.33. The van der Waals surface area contributed by atoms with E-state index in [2.05, 4.69) is 20.8 Å². The number of anilines is 1. The molecule has 0 unspecified atom stereocenters. The zero-order chi connectivity index (χ0) is 17.8. The molecule has 8 nitrogen and oxygen atoms in total. The van der Waals surface area contributed by atoms with Gasteiger partial charge in [0, 0.05) is 5.70 Å². The number of rotatable bonds is 6. The van der Waals surface area contributed by atoms with E-state index < -0.39 is 6.04 Å². The Bertz CT molecular complexity index is 799. The lowest BCUT2D eigenvalue weighted by molar-refractivity contribution is -0.139. The van der Waals surface area contributed by atoms with Crippen molar-refractivity contribution in [3.05, 3.63) is 41.1 Å². The Balaban J connectivity index is 2.02. The molecule has 0 fully saturated rings. The molecule has 0 radical (unpaired) electrons. The summed E-state index contributed by atoms with van der Waals surface area (Å²) in [6, 6.07) is 7.02.